The number of hydrogen-bond acceptors (Lipinski definition) is 5. The Hall–Kier alpha value is -7.27. The van der Waals surface area contributed by atoms with E-state index in [-0.39, 0.29) is 0 Å². The van der Waals surface area contributed by atoms with Crippen molar-refractivity contribution in [2.75, 3.05) is 0 Å². The van der Waals surface area contributed by atoms with Gasteiger partial charge in [0.15, 0.2) is 0 Å². The van der Waals surface area contributed by atoms with Crippen LogP contribution in [0.4, 0.5) is 0 Å². The quantitative estimate of drug-likeness (QED) is 0.154. The molecule has 2 N–H and O–H groups in total. The molecule has 5 aromatic heterocycles. The van der Waals surface area contributed by atoms with Crippen molar-refractivity contribution in [3.05, 3.63) is 158 Å². The molecule has 0 radical (unpaired) electrons. The number of H-pyrrole nitrogens is 2. The maximum atomic E-state index is 5.12. The molecule has 0 fully saturated rings. The van der Waals surface area contributed by atoms with E-state index in [0.29, 0.717) is 56.3 Å². The number of aromatic amines is 2. The van der Waals surface area contributed by atoms with Crippen molar-refractivity contribution >= 4 is 48.5 Å². The van der Waals surface area contributed by atoms with Crippen molar-refractivity contribution in [1.29, 1.82) is 0 Å². The molecule has 0 aromatic carbocycles. The molecule has 7 rings (SSSR count). The minimum atomic E-state index is 0.568. The van der Waals surface area contributed by atoms with Crippen LogP contribution in [0.5, 0.6) is 0 Å². The molecule has 53 heavy (non-hydrogen) atoms. The highest BCUT2D eigenvalue weighted by atomic mass is 14.8. The van der Waals surface area contributed by atoms with Gasteiger partial charge in [-0.15, -0.1) is 0 Å². The van der Waals surface area contributed by atoms with Gasteiger partial charge in [0.1, 0.15) is 17.1 Å². The Morgan fingerprint density at radius 3 is 1.53 bits per heavy atom. The van der Waals surface area contributed by atoms with E-state index in [2.05, 4.69) is 86.6 Å². The van der Waals surface area contributed by atoms with Gasteiger partial charge < -0.3 is 9.97 Å². The lowest BCUT2D eigenvalue weighted by atomic mass is 10.1. The minimum Gasteiger partial charge on any atom is -0.355 e. The van der Waals surface area contributed by atoms with Crippen LogP contribution in [0.15, 0.2) is 85.3 Å². The van der Waals surface area contributed by atoms with E-state index >= 15 is 0 Å². The minimum absolute atomic E-state index is 0.568. The van der Waals surface area contributed by atoms with E-state index in [9.17, 15) is 0 Å². The molecule has 7 nitrogen and oxygen atoms in total. The average molecular weight is 686 g/mol. The first kappa shape index (κ1) is 34.2. The van der Waals surface area contributed by atoms with Gasteiger partial charge in [0, 0.05) is 34.8 Å². The summed E-state index contributed by atoms with van der Waals surface area (Å²) in [5.41, 5.74) is 9.32. The second kappa shape index (κ2) is 16.2. The van der Waals surface area contributed by atoms with Gasteiger partial charge in [0.05, 0.1) is 45.0 Å². The van der Waals surface area contributed by atoms with E-state index < -0.39 is 0 Å². The van der Waals surface area contributed by atoms with Gasteiger partial charge in [-0.05, 0) is 109 Å². The zero-order valence-corrected chi connectivity index (χ0v) is 29.4. The van der Waals surface area contributed by atoms with E-state index in [1.165, 1.54) is 0 Å². The van der Waals surface area contributed by atoms with Crippen molar-refractivity contribution in [3.8, 4) is 35.5 Å². The standard InChI is InChI=1S/C46H35N7/c1-4-5-6-16-37-32(2)50-33(3)38(20-17-34-13-7-10-29-47-34)42-24-26-44(52-42)40(22-19-36-15-9-12-31-49-36)46-28-27-45(53-46)39(43-25-23-41(37)51-43)21-18-35-14-8-11-30-48-35/h7-15,23-31,50-51H,2-6,16H2,1H3. The molecular weight excluding hydrogens is 651 g/mol. The van der Waals surface area contributed by atoms with Gasteiger partial charge >= 0.3 is 0 Å². The summed E-state index contributed by atoms with van der Waals surface area (Å²) in [6.07, 6.45) is 16.9. The molecule has 2 aliphatic rings. The summed E-state index contributed by atoms with van der Waals surface area (Å²) in [5, 5.41) is 1.29. The number of unbranched alkanes of at least 4 members (excludes halogenated alkanes) is 2. The van der Waals surface area contributed by atoms with Crippen molar-refractivity contribution in [2.45, 2.75) is 32.6 Å². The van der Waals surface area contributed by atoms with Crippen molar-refractivity contribution in [3.63, 3.8) is 0 Å². The lowest BCUT2D eigenvalue weighted by Gasteiger charge is -2.02. The fourth-order valence-corrected chi connectivity index (χ4v) is 5.83. The van der Waals surface area contributed by atoms with E-state index in [1.807, 2.05) is 85.0 Å². The third-order valence-corrected chi connectivity index (χ3v) is 8.52. The SMILES string of the molecule is C=c1[nH]c(=C)c(CCCCC)c2ccc([nH]2)c(C#Cc2ccccn2)c2nc(c(C#Cc3ccccn3)c3nc(c1C#Cc1ccccn1)C=C3)C=C2. The van der Waals surface area contributed by atoms with Crippen LogP contribution >= 0.6 is 0 Å². The molecule has 6 bridgehead atoms. The van der Waals surface area contributed by atoms with Crippen molar-refractivity contribution in [1.82, 2.24) is 34.9 Å². The highest BCUT2D eigenvalue weighted by Gasteiger charge is 2.14. The smallest absolute Gasteiger partial charge is 0.113 e. The molecule has 0 saturated carbocycles. The second-order valence-electron chi connectivity index (χ2n) is 12.3. The molecule has 0 saturated heterocycles. The number of nitrogens with one attached hydrogen (secondary N) is 2. The number of pyridine rings is 3. The largest absolute Gasteiger partial charge is 0.355 e. The van der Waals surface area contributed by atoms with Crippen LogP contribution in [0.2, 0.25) is 0 Å². The zero-order valence-electron chi connectivity index (χ0n) is 29.4. The number of aryl methyl sites for hydroxylation is 1. The van der Waals surface area contributed by atoms with Crippen molar-refractivity contribution < 1.29 is 0 Å². The molecule has 0 aliphatic carbocycles. The van der Waals surface area contributed by atoms with Crippen LogP contribution in [-0.4, -0.2) is 34.9 Å². The van der Waals surface area contributed by atoms with Gasteiger partial charge in [-0.25, -0.2) is 24.9 Å². The fourth-order valence-electron chi connectivity index (χ4n) is 5.83. The van der Waals surface area contributed by atoms with Gasteiger partial charge in [0.25, 0.3) is 0 Å². The predicted molar refractivity (Wildman–Crippen MR) is 214 cm³/mol. The fraction of sp³-hybridized carbons (Fsp3) is 0.109. The molecule has 254 valence electrons. The summed E-state index contributed by atoms with van der Waals surface area (Å²) < 4.78 is 0. The maximum absolute atomic E-state index is 5.12. The number of nitrogens with zero attached hydrogens (tertiary/aromatic N) is 5. The lowest BCUT2D eigenvalue weighted by Crippen LogP contribution is -2.21. The Labute approximate surface area is 308 Å². The molecular formula is C46H35N7. The van der Waals surface area contributed by atoms with Crippen LogP contribution in [0.1, 0.15) is 88.3 Å². The Morgan fingerprint density at radius 1 is 0.509 bits per heavy atom. The van der Waals surface area contributed by atoms with Crippen LogP contribution in [0.25, 0.3) is 48.5 Å². The molecule has 5 aromatic rings. The van der Waals surface area contributed by atoms with Gasteiger partial charge in [-0.3, -0.25) is 0 Å². The van der Waals surface area contributed by atoms with Crippen LogP contribution < -0.4 is 10.7 Å². The van der Waals surface area contributed by atoms with Crippen LogP contribution in [0, 0.1) is 35.5 Å². The monoisotopic (exact) mass is 685 g/mol. The molecule has 2 aliphatic heterocycles. The molecule has 7 heteroatoms. The normalized spacial score (nSPS) is 11.0. The summed E-state index contributed by atoms with van der Waals surface area (Å²) in [7, 11) is 0. The summed E-state index contributed by atoms with van der Waals surface area (Å²) in [6, 6.07) is 21.1. The number of rotatable bonds is 4. The molecule has 7 heterocycles. The lowest BCUT2D eigenvalue weighted by molar-refractivity contribution is 0.716. The number of hydrogen-bond donors (Lipinski definition) is 2. The van der Waals surface area contributed by atoms with E-state index in [4.69, 9.17) is 9.97 Å². The first-order valence-corrected chi connectivity index (χ1v) is 17.5. The maximum Gasteiger partial charge on any atom is 0.113 e. The third-order valence-electron chi connectivity index (χ3n) is 8.52. The van der Waals surface area contributed by atoms with Crippen LogP contribution in [0.3, 0.4) is 0 Å². The Bertz CT molecular complexity index is 2720. The Balaban J connectivity index is 1.58. The van der Waals surface area contributed by atoms with E-state index in [1.54, 1.807) is 18.6 Å². The predicted octanol–water partition coefficient (Wildman–Crippen LogP) is 7.00. The summed E-state index contributed by atoms with van der Waals surface area (Å²) in [6.45, 7) is 11.1. The van der Waals surface area contributed by atoms with E-state index in [0.717, 1.165) is 53.2 Å². The Morgan fingerprint density at radius 2 is 1.00 bits per heavy atom. The molecule has 0 atom stereocenters. The number of fused-ring (bicyclic) bond motifs is 6. The summed E-state index contributed by atoms with van der Waals surface area (Å²) in [4.78, 5) is 30.6. The summed E-state index contributed by atoms with van der Waals surface area (Å²) in [5.74, 6) is 19.7. The van der Waals surface area contributed by atoms with Crippen molar-refractivity contribution in [2.24, 2.45) is 0 Å². The van der Waals surface area contributed by atoms with Gasteiger partial charge in [-0.1, -0.05) is 68.9 Å². The first-order chi connectivity index (χ1) is 26.1. The highest BCUT2D eigenvalue weighted by Crippen LogP contribution is 2.24. The Kier molecular flexibility index (Phi) is 10.4. The summed E-state index contributed by atoms with van der Waals surface area (Å²) >= 11 is 0. The third kappa shape index (κ3) is 8.21. The first-order valence-electron chi connectivity index (χ1n) is 17.5. The zero-order chi connectivity index (χ0) is 36.4. The average Bonchev–Trinajstić information content (AvgIpc) is 3.98. The van der Waals surface area contributed by atoms with Crippen LogP contribution in [-0.2, 0) is 6.42 Å². The highest BCUT2D eigenvalue weighted by molar-refractivity contribution is 5.84. The second-order valence-corrected chi connectivity index (χ2v) is 12.3. The molecule has 0 amide bonds. The van der Waals surface area contributed by atoms with Gasteiger partial charge in [-0.2, -0.15) is 0 Å². The van der Waals surface area contributed by atoms with Gasteiger partial charge in [0.2, 0.25) is 0 Å². The topological polar surface area (TPSA) is 96.0 Å². The molecule has 0 unspecified atom stereocenters. The number of aromatic nitrogens is 7. The molecule has 0 spiro atoms.